The van der Waals surface area contributed by atoms with E-state index < -0.39 is 6.09 Å². The van der Waals surface area contributed by atoms with Crippen molar-refractivity contribution in [2.75, 3.05) is 0 Å². The summed E-state index contributed by atoms with van der Waals surface area (Å²) in [5.41, 5.74) is 0.567. The van der Waals surface area contributed by atoms with Crippen LogP contribution in [0.3, 0.4) is 0 Å². The maximum atomic E-state index is 11.1. The van der Waals surface area contributed by atoms with E-state index in [1.807, 2.05) is 0 Å². The Bertz CT molecular complexity index is 256. The molecule has 14 heavy (non-hydrogen) atoms. The van der Waals surface area contributed by atoms with Crippen LogP contribution < -0.4 is 0 Å². The van der Waals surface area contributed by atoms with Crippen molar-refractivity contribution in [3.63, 3.8) is 0 Å². The topological polar surface area (TPSA) is 40.5 Å². The van der Waals surface area contributed by atoms with Crippen LogP contribution in [0.2, 0.25) is 0 Å². The van der Waals surface area contributed by atoms with Crippen molar-refractivity contribution in [3.05, 3.63) is 0 Å². The zero-order chi connectivity index (χ0) is 9.76. The molecule has 2 atom stereocenters. The Morgan fingerprint density at radius 2 is 1.79 bits per heavy atom. The van der Waals surface area contributed by atoms with Crippen molar-refractivity contribution in [3.8, 4) is 0 Å². The molecule has 3 nitrogen and oxygen atoms in total. The van der Waals surface area contributed by atoms with Crippen LogP contribution in [0.1, 0.15) is 44.9 Å². The van der Waals surface area contributed by atoms with Crippen LogP contribution in [0.4, 0.5) is 4.79 Å². The van der Waals surface area contributed by atoms with Gasteiger partial charge in [0, 0.05) is 12.1 Å². The van der Waals surface area contributed by atoms with E-state index in [-0.39, 0.29) is 0 Å². The first kappa shape index (κ1) is 8.57. The van der Waals surface area contributed by atoms with E-state index in [4.69, 9.17) is 5.11 Å². The van der Waals surface area contributed by atoms with Gasteiger partial charge in [0.25, 0.3) is 0 Å². The van der Waals surface area contributed by atoms with Crippen LogP contribution >= 0.6 is 0 Å². The minimum absolute atomic E-state index is 0.353. The first-order chi connectivity index (χ1) is 6.70. The van der Waals surface area contributed by atoms with Gasteiger partial charge in [-0.15, -0.1) is 0 Å². The first-order valence-electron chi connectivity index (χ1n) is 5.71. The molecule has 3 rings (SSSR count). The van der Waals surface area contributed by atoms with Gasteiger partial charge in [0.2, 0.25) is 0 Å². The van der Waals surface area contributed by atoms with E-state index in [9.17, 15) is 4.79 Å². The second-order valence-electron chi connectivity index (χ2n) is 5.34. The number of nitrogens with zero attached hydrogens (tertiary/aromatic N) is 1. The van der Waals surface area contributed by atoms with Gasteiger partial charge in [-0.25, -0.2) is 4.79 Å². The molecule has 2 saturated heterocycles. The van der Waals surface area contributed by atoms with Crippen LogP contribution in [0.15, 0.2) is 0 Å². The molecule has 0 aromatic rings. The number of piperidine rings is 1. The molecule has 2 aliphatic heterocycles. The summed E-state index contributed by atoms with van der Waals surface area (Å²) in [4.78, 5) is 12.8. The highest BCUT2D eigenvalue weighted by atomic mass is 16.4. The van der Waals surface area contributed by atoms with Gasteiger partial charge in [0.1, 0.15) is 0 Å². The summed E-state index contributed by atoms with van der Waals surface area (Å²) in [5.74, 6) is 0. The molecule has 1 aliphatic carbocycles. The lowest BCUT2D eigenvalue weighted by Crippen LogP contribution is -2.51. The lowest BCUT2D eigenvalue weighted by atomic mass is 9.61. The molecule has 2 bridgehead atoms. The number of amides is 1. The molecule has 3 aliphatic rings. The maximum Gasteiger partial charge on any atom is 0.407 e. The molecule has 3 fully saturated rings. The molecular weight excluding hydrogens is 178 g/mol. The highest BCUT2D eigenvalue weighted by Gasteiger charge is 2.52. The quantitative estimate of drug-likeness (QED) is 0.645. The molecule has 2 unspecified atom stereocenters. The molecule has 1 amide bonds. The molecule has 1 saturated carbocycles. The van der Waals surface area contributed by atoms with Crippen LogP contribution in [0.25, 0.3) is 0 Å². The van der Waals surface area contributed by atoms with E-state index in [0.717, 1.165) is 25.7 Å². The minimum atomic E-state index is -0.688. The van der Waals surface area contributed by atoms with E-state index in [1.54, 1.807) is 4.90 Å². The van der Waals surface area contributed by atoms with Crippen LogP contribution in [-0.4, -0.2) is 28.2 Å². The third kappa shape index (κ3) is 1.01. The normalized spacial score (nSPS) is 38.4. The van der Waals surface area contributed by atoms with Crippen molar-refractivity contribution in [1.82, 2.24) is 4.90 Å². The molecule has 0 aromatic heterocycles. The van der Waals surface area contributed by atoms with Gasteiger partial charge < -0.3 is 10.0 Å². The molecule has 0 aromatic carbocycles. The van der Waals surface area contributed by atoms with Gasteiger partial charge in [-0.3, -0.25) is 0 Å². The Labute approximate surface area is 84.1 Å². The van der Waals surface area contributed by atoms with Gasteiger partial charge >= 0.3 is 6.09 Å². The van der Waals surface area contributed by atoms with E-state index in [1.165, 1.54) is 19.3 Å². The average molecular weight is 195 g/mol. The van der Waals surface area contributed by atoms with Gasteiger partial charge in [-0.05, 0) is 43.9 Å². The molecule has 3 heteroatoms. The summed E-state index contributed by atoms with van der Waals surface area (Å²) < 4.78 is 0. The molecule has 78 valence electrons. The van der Waals surface area contributed by atoms with Crippen molar-refractivity contribution in [2.24, 2.45) is 5.41 Å². The smallest absolute Gasteiger partial charge is 0.407 e. The SMILES string of the molecule is O=C(O)N1C2CCC1CC1(CCC1)C2. The second kappa shape index (κ2) is 2.65. The molecule has 0 radical (unpaired) electrons. The molecule has 1 N–H and O–H groups in total. The summed E-state index contributed by atoms with van der Waals surface area (Å²) in [6, 6.07) is 0.707. The molecule has 1 spiro atoms. The minimum Gasteiger partial charge on any atom is -0.465 e. The van der Waals surface area contributed by atoms with Crippen molar-refractivity contribution >= 4 is 6.09 Å². The maximum absolute atomic E-state index is 11.1. The van der Waals surface area contributed by atoms with Gasteiger partial charge in [-0.2, -0.15) is 0 Å². The zero-order valence-electron chi connectivity index (χ0n) is 8.41. The second-order valence-corrected chi connectivity index (χ2v) is 5.34. The van der Waals surface area contributed by atoms with Crippen LogP contribution in [0.5, 0.6) is 0 Å². The highest BCUT2D eigenvalue weighted by molar-refractivity contribution is 5.66. The van der Waals surface area contributed by atoms with E-state index in [2.05, 4.69) is 0 Å². The number of carboxylic acid groups (broad SMARTS) is 1. The monoisotopic (exact) mass is 195 g/mol. The number of rotatable bonds is 0. The van der Waals surface area contributed by atoms with Crippen LogP contribution in [0, 0.1) is 5.41 Å². The van der Waals surface area contributed by atoms with Crippen molar-refractivity contribution in [2.45, 2.75) is 57.0 Å². The standard InChI is InChI=1S/C11H17NO2/c13-10(14)12-8-2-3-9(12)7-11(6-8)4-1-5-11/h8-9H,1-7H2,(H,13,14). The Morgan fingerprint density at radius 3 is 2.14 bits per heavy atom. The van der Waals surface area contributed by atoms with E-state index >= 15 is 0 Å². The lowest BCUT2D eigenvalue weighted by Gasteiger charge is -2.51. The summed E-state index contributed by atoms with van der Waals surface area (Å²) >= 11 is 0. The Hall–Kier alpha value is -0.730. The van der Waals surface area contributed by atoms with Gasteiger partial charge in [-0.1, -0.05) is 6.42 Å². The summed E-state index contributed by atoms with van der Waals surface area (Å²) in [6.07, 6.45) is 7.91. The number of hydrogen-bond acceptors (Lipinski definition) is 1. The van der Waals surface area contributed by atoms with Gasteiger partial charge in [0.05, 0.1) is 0 Å². The Balaban J connectivity index is 1.82. The first-order valence-corrected chi connectivity index (χ1v) is 5.71. The summed E-state index contributed by atoms with van der Waals surface area (Å²) in [7, 11) is 0. The van der Waals surface area contributed by atoms with Crippen LogP contribution in [-0.2, 0) is 0 Å². The summed E-state index contributed by atoms with van der Waals surface area (Å²) in [5, 5.41) is 9.11. The molecular formula is C11H17NO2. The third-order valence-electron chi connectivity index (χ3n) is 4.59. The average Bonchev–Trinajstić information content (AvgIpc) is 2.35. The fraction of sp³-hybridized carbons (Fsp3) is 0.909. The van der Waals surface area contributed by atoms with E-state index in [0.29, 0.717) is 17.5 Å². The van der Waals surface area contributed by atoms with Gasteiger partial charge in [0.15, 0.2) is 0 Å². The summed E-state index contributed by atoms with van der Waals surface area (Å²) in [6.45, 7) is 0. The van der Waals surface area contributed by atoms with Crippen molar-refractivity contribution in [1.29, 1.82) is 0 Å². The Kier molecular flexibility index (Phi) is 1.62. The lowest BCUT2D eigenvalue weighted by molar-refractivity contribution is -0.00345. The Morgan fingerprint density at radius 1 is 1.21 bits per heavy atom. The predicted molar refractivity (Wildman–Crippen MR) is 52.2 cm³/mol. The number of fused-ring (bicyclic) bond motifs is 2. The highest BCUT2D eigenvalue weighted by Crippen LogP contribution is 2.55. The third-order valence-corrected chi connectivity index (χ3v) is 4.59. The predicted octanol–water partition coefficient (Wildman–Crippen LogP) is 2.46. The fourth-order valence-corrected chi connectivity index (χ4v) is 3.84. The largest absolute Gasteiger partial charge is 0.465 e. The number of hydrogen-bond donors (Lipinski definition) is 1. The molecule has 2 heterocycles. The van der Waals surface area contributed by atoms with Crippen molar-refractivity contribution < 1.29 is 9.90 Å². The zero-order valence-corrected chi connectivity index (χ0v) is 8.41. The fourth-order valence-electron chi connectivity index (χ4n) is 3.84. The number of carbonyl (C=O) groups is 1.